The first-order chi connectivity index (χ1) is 18.0. The molecule has 2 aromatic carbocycles. The number of hydrogen-bond donors (Lipinski definition) is 2. The highest BCUT2D eigenvalue weighted by Gasteiger charge is 2.41. The topological polar surface area (TPSA) is 62.2 Å². The number of aryl methyl sites for hydroxylation is 1. The Hall–Kier alpha value is -4.04. The lowest BCUT2D eigenvalue weighted by molar-refractivity contribution is -0.116. The van der Waals surface area contributed by atoms with Crippen molar-refractivity contribution in [2.24, 2.45) is 0 Å². The molecule has 1 fully saturated rings. The number of thiocarbonyl (C=S) groups is 1. The third kappa shape index (κ3) is 5.24. The van der Waals surface area contributed by atoms with Gasteiger partial charge >= 0.3 is 0 Å². The van der Waals surface area contributed by atoms with E-state index in [1.807, 2.05) is 65.4 Å². The number of rotatable bonds is 8. The average Bonchev–Trinajstić information content (AvgIpc) is 3.53. The number of carbonyl (C=O) groups excluding carboxylic acids is 1. The highest BCUT2D eigenvalue weighted by atomic mass is 32.1. The molecule has 0 bridgehead atoms. The molecule has 0 aliphatic carbocycles. The Bertz CT molecular complexity index is 1390. The standard InChI is InChI=1S/C29H28FN5OS/c1-2-20-8-3-4-9-23(20)32-26(36)16-19-35-28(27(33-29(35)37)24-10-5-6-17-31-24)25-11-7-18-34(25)22-14-12-21(30)13-15-22/h3-15,17-18,27-28H,2,16,19H2,1H3,(H,32,36)(H,33,37). The van der Waals surface area contributed by atoms with Gasteiger partial charge < -0.3 is 20.1 Å². The monoisotopic (exact) mass is 513 g/mol. The minimum Gasteiger partial charge on any atom is -0.352 e. The van der Waals surface area contributed by atoms with Crippen LogP contribution in [0.15, 0.2) is 91.3 Å². The molecule has 2 aromatic heterocycles. The predicted octanol–water partition coefficient (Wildman–Crippen LogP) is 5.58. The van der Waals surface area contributed by atoms with Crippen molar-refractivity contribution in [3.8, 4) is 5.69 Å². The van der Waals surface area contributed by atoms with Gasteiger partial charge in [0.1, 0.15) is 5.82 Å². The van der Waals surface area contributed by atoms with Gasteiger partial charge in [-0.25, -0.2) is 4.39 Å². The van der Waals surface area contributed by atoms with Gasteiger partial charge in [-0.2, -0.15) is 0 Å². The van der Waals surface area contributed by atoms with E-state index in [4.69, 9.17) is 12.2 Å². The van der Waals surface area contributed by atoms with Crippen LogP contribution in [0.2, 0.25) is 0 Å². The van der Waals surface area contributed by atoms with E-state index in [1.54, 1.807) is 18.3 Å². The summed E-state index contributed by atoms with van der Waals surface area (Å²) in [5, 5.41) is 7.04. The lowest BCUT2D eigenvalue weighted by atomic mass is 10.0. The largest absolute Gasteiger partial charge is 0.352 e. The summed E-state index contributed by atoms with van der Waals surface area (Å²) in [6, 6.07) is 23.6. The number of halogens is 1. The van der Waals surface area contributed by atoms with Crippen molar-refractivity contribution >= 4 is 28.9 Å². The van der Waals surface area contributed by atoms with Crippen LogP contribution in [-0.4, -0.2) is 32.0 Å². The fourth-order valence-corrected chi connectivity index (χ4v) is 5.16. The normalized spacial score (nSPS) is 17.0. The van der Waals surface area contributed by atoms with E-state index in [9.17, 15) is 9.18 Å². The quantitative estimate of drug-likeness (QED) is 0.302. The van der Waals surface area contributed by atoms with Crippen LogP contribution in [0.4, 0.5) is 10.1 Å². The Labute approximate surface area is 221 Å². The molecule has 1 saturated heterocycles. The Balaban J connectivity index is 1.43. The minimum absolute atomic E-state index is 0.0716. The maximum atomic E-state index is 13.6. The minimum atomic E-state index is -0.287. The molecular weight excluding hydrogens is 485 g/mol. The fourth-order valence-electron chi connectivity index (χ4n) is 4.83. The van der Waals surface area contributed by atoms with E-state index in [1.165, 1.54) is 12.1 Å². The maximum Gasteiger partial charge on any atom is 0.226 e. The van der Waals surface area contributed by atoms with Gasteiger partial charge in [-0.05, 0) is 78.8 Å². The summed E-state index contributed by atoms with van der Waals surface area (Å²) in [6.45, 7) is 2.49. The van der Waals surface area contributed by atoms with E-state index < -0.39 is 0 Å². The maximum absolute atomic E-state index is 13.6. The van der Waals surface area contributed by atoms with Gasteiger partial charge in [0.2, 0.25) is 5.91 Å². The summed E-state index contributed by atoms with van der Waals surface area (Å²) >= 11 is 5.76. The number of anilines is 1. The van der Waals surface area contributed by atoms with Gasteiger partial charge in [-0.1, -0.05) is 31.2 Å². The van der Waals surface area contributed by atoms with Crippen molar-refractivity contribution in [3.05, 3.63) is 114 Å². The van der Waals surface area contributed by atoms with Gasteiger partial charge in [0.05, 0.1) is 17.8 Å². The van der Waals surface area contributed by atoms with Crippen molar-refractivity contribution in [2.75, 3.05) is 11.9 Å². The highest BCUT2D eigenvalue weighted by molar-refractivity contribution is 7.80. The van der Waals surface area contributed by atoms with Crippen LogP contribution in [0.5, 0.6) is 0 Å². The zero-order valence-corrected chi connectivity index (χ0v) is 21.3. The molecule has 8 heteroatoms. The van der Waals surface area contributed by atoms with Crippen LogP contribution in [0.25, 0.3) is 5.69 Å². The summed E-state index contributed by atoms with van der Waals surface area (Å²) in [6.07, 6.45) is 4.82. The molecule has 4 aromatic rings. The number of nitrogens with one attached hydrogen (secondary N) is 2. The molecular formula is C29H28FN5OS. The molecule has 5 rings (SSSR count). The van der Waals surface area contributed by atoms with Crippen molar-refractivity contribution in [1.82, 2.24) is 19.8 Å². The van der Waals surface area contributed by atoms with Crippen LogP contribution in [-0.2, 0) is 11.2 Å². The molecule has 2 N–H and O–H groups in total. The van der Waals surface area contributed by atoms with Gasteiger partial charge in [-0.15, -0.1) is 0 Å². The highest BCUT2D eigenvalue weighted by Crippen LogP contribution is 2.39. The first-order valence-corrected chi connectivity index (χ1v) is 12.7. The summed E-state index contributed by atoms with van der Waals surface area (Å²) in [5.41, 5.74) is 4.59. The SMILES string of the molecule is CCc1ccccc1NC(=O)CCN1C(=S)NC(c2ccccn2)C1c1cccn1-c1ccc(F)cc1. The zero-order chi connectivity index (χ0) is 25.8. The van der Waals surface area contributed by atoms with Crippen LogP contribution < -0.4 is 10.6 Å². The number of aromatic nitrogens is 2. The smallest absolute Gasteiger partial charge is 0.226 e. The second-order valence-corrected chi connectivity index (χ2v) is 9.30. The molecule has 0 radical (unpaired) electrons. The predicted molar refractivity (Wildman–Crippen MR) is 147 cm³/mol. The van der Waals surface area contributed by atoms with E-state index in [2.05, 4.69) is 27.4 Å². The molecule has 0 saturated carbocycles. The Morgan fingerprint density at radius 3 is 2.59 bits per heavy atom. The van der Waals surface area contributed by atoms with E-state index >= 15 is 0 Å². The summed E-state index contributed by atoms with van der Waals surface area (Å²) < 4.78 is 15.6. The lowest BCUT2D eigenvalue weighted by Crippen LogP contribution is -2.33. The third-order valence-corrected chi connectivity index (χ3v) is 6.99. The van der Waals surface area contributed by atoms with E-state index in [0.29, 0.717) is 11.7 Å². The lowest BCUT2D eigenvalue weighted by Gasteiger charge is -2.29. The summed E-state index contributed by atoms with van der Waals surface area (Å²) in [7, 11) is 0. The van der Waals surface area contributed by atoms with Gasteiger partial charge in [-0.3, -0.25) is 9.78 Å². The van der Waals surface area contributed by atoms with Crippen LogP contribution >= 0.6 is 12.2 Å². The Morgan fingerprint density at radius 1 is 1.05 bits per heavy atom. The summed E-state index contributed by atoms with van der Waals surface area (Å²) in [4.78, 5) is 19.6. The number of pyridine rings is 1. The number of carbonyl (C=O) groups is 1. The summed E-state index contributed by atoms with van der Waals surface area (Å²) in [5.74, 6) is -0.359. The van der Waals surface area contributed by atoms with Crippen LogP contribution in [0.1, 0.15) is 42.4 Å². The van der Waals surface area contributed by atoms with Crippen LogP contribution in [0, 0.1) is 5.82 Å². The molecule has 2 atom stereocenters. The molecule has 37 heavy (non-hydrogen) atoms. The van der Waals surface area contributed by atoms with Crippen molar-refractivity contribution in [2.45, 2.75) is 31.8 Å². The van der Waals surface area contributed by atoms with Crippen LogP contribution in [0.3, 0.4) is 0 Å². The first-order valence-electron chi connectivity index (χ1n) is 12.3. The molecule has 6 nitrogen and oxygen atoms in total. The molecule has 1 amide bonds. The van der Waals surface area contributed by atoms with Crippen molar-refractivity contribution in [1.29, 1.82) is 0 Å². The second-order valence-electron chi connectivity index (χ2n) is 8.91. The number of amides is 1. The molecule has 3 heterocycles. The number of hydrogen-bond acceptors (Lipinski definition) is 3. The molecule has 1 aliphatic rings. The molecule has 1 aliphatic heterocycles. The van der Waals surface area contributed by atoms with Gasteiger partial charge in [0.15, 0.2) is 5.11 Å². The number of nitrogens with zero attached hydrogens (tertiary/aromatic N) is 3. The number of para-hydroxylation sites is 1. The van der Waals surface area contributed by atoms with Crippen molar-refractivity contribution < 1.29 is 9.18 Å². The average molecular weight is 514 g/mol. The van der Waals surface area contributed by atoms with E-state index in [-0.39, 0.29) is 30.2 Å². The van der Waals surface area contributed by atoms with Gasteiger partial charge in [0.25, 0.3) is 0 Å². The first kappa shape index (κ1) is 24.6. The zero-order valence-electron chi connectivity index (χ0n) is 20.5. The number of benzene rings is 2. The third-order valence-electron chi connectivity index (χ3n) is 6.64. The fraction of sp³-hybridized carbons (Fsp3) is 0.207. The van der Waals surface area contributed by atoms with Crippen molar-refractivity contribution in [3.63, 3.8) is 0 Å². The molecule has 2 unspecified atom stereocenters. The Kier molecular flexibility index (Phi) is 7.28. The Morgan fingerprint density at radius 2 is 1.84 bits per heavy atom. The second kappa shape index (κ2) is 10.9. The molecule has 188 valence electrons. The van der Waals surface area contributed by atoms with E-state index in [0.717, 1.165) is 34.7 Å². The molecule has 0 spiro atoms. The van der Waals surface area contributed by atoms with Gasteiger partial charge in [0, 0.05) is 42.4 Å².